The third kappa shape index (κ3) is 1.90. The molecule has 0 atom stereocenters. The fourth-order valence-corrected chi connectivity index (χ4v) is 1.90. The molecule has 0 fully saturated rings. The molecule has 18 heavy (non-hydrogen) atoms. The number of hydrogen-bond acceptors (Lipinski definition) is 3. The van der Waals surface area contributed by atoms with Crippen molar-refractivity contribution in [2.45, 2.75) is 6.11 Å². The van der Waals surface area contributed by atoms with E-state index in [0.717, 1.165) is 11.1 Å². The maximum atomic E-state index is 13.1. The molecule has 3 rings (SSSR count). The van der Waals surface area contributed by atoms with Crippen LogP contribution < -0.4 is 10.1 Å². The van der Waals surface area contributed by atoms with Crippen LogP contribution in [-0.2, 0) is 7.05 Å². The Morgan fingerprint density at radius 3 is 2.94 bits per heavy atom. The zero-order valence-corrected chi connectivity index (χ0v) is 9.65. The number of nitrogens with one attached hydrogen (secondary N) is 1. The molecule has 0 spiro atoms. The van der Waals surface area contributed by atoms with Gasteiger partial charge in [0.25, 0.3) is 0 Å². The van der Waals surface area contributed by atoms with E-state index in [9.17, 15) is 8.78 Å². The number of nitrogens with zero attached hydrogens (tertiary/aromatic N) is 2. The molecular formula is C12H11F2N3O. The Morgan fingerprint density at radius 1 is 1.39 bits per heavy atom. The van der Waals surface area contributed by atoms with Crippen LogP contribution in [0.25, 0.3) is 11.1 Å². The normalized spacial score (nSPS) is 16.6. The van der Waals surface area contributed by atoms with E-state index in [-0.39, 0.29) is 5.75 Å². The van der Waals surface area contributed by atoms with Crippen molar-refractivity contribution in [3.05, 3.63) is 30.6 Å². The fourth-order valence-electron chi connectivity index (χ4n) is 1.90. The Hall–Kier alpha value is -2.11. The number of fused-ring (bicyclic) bond motifs is 1. The molecule has 1 N–H and O–H groups in total. The van der Waals surface area contributed by atoms with Gasteiger partial charge in [-0.05, 0) is 17.7 Å². The van der Waals surface area contributed by atoms with Gasteiger partial charge < -0.3 is 10.1 Å². The lowest BCUT2D eigenvalue weighted by Crippen LogP contribution is -2.37. The Labute approximate surface area is 102 Å². The second-order valence-electron chi connectivity index (χ2n) is 4.21. The van der Waals surface area contributed by atoms with Gasteiger partial charge in [0.15, 0.2) is 0 Å². The molecule has 1 aromatic heterocycles. The number of rotatable bonds is 1. The lowest BCUT2D eigenvalue weighted by molar-refractivity contribution is -0.166. The minimum Gasteiger partial charge on any atom is -0.429 e. The number of anilines is 1. The zero-order chi connectivity index (χ0) is 12.8. The summed E-state index contributed by atoms with van der Waals surface area (Å²) in [6, 6.07) is 5.16. The summed E-state index contributed by atoms with van der Waals surface area (Å²) < 4.78 is 32.6. The van der Waals surface area contributed by atoms with Gasteiger partial charge in [-0.2, -0.15) is 13.9 Å². The lowest BCUT2D eigenvalue weighted by Gasteiger charge is -2.26. The monoisotopic (exact) mass is 251 g/mol. The van der Waals surface area contributed by atoms with Crippen molar-refractivity contribution in [1.82, 2.24) is 9.78 Å². The Morgan fingerprint density at radius 2 is 2.22 bits per heavy atom. The number of aryl methyl sites for hydroxylation is 1. The van der Waals surface area contributed by atoms with Gasteiger partial charge in [0, 0.05) is 18.8 Å². The molecule has 2 heterocycles. The number of halogens is 2. The first-order valence-corrected chi connectivity index (χ1v) is 5.47. The van der Waals surface area contributed by atoms with Gasteiger partial charge in [0.05, 0.1) is 11.9 Å². The summed E-state index contributed by atoms with van der Waals surface area (Å²) in [4.78, 5) is 0. The van der Waals surface area contributed by atoms with Crippen LogP contribution in [0.1, 0.15) is 0 Å². The molecule has 0 bridgehead atoms. The van der Waals surface area contributed by atoms with Crippen LogP contribution in [0.2, 0.25) is 0 Å². The van der Waals surface area contributed by atoms with E-state index in [1.54, 1.807) is 30.1 Å². The van der Waals surface area contributed by atoms with Crippen molar-refractivity contribution >= 4 is 5.69 Å². The van der Waals surface area contributed by atoms with Crippen LogP contribution in [0.3, 0.4) is 0 Å². The van der Waals surface area contributed by atoms with Crippen LogP contribution in [0.4, 0.5) is 14.5 Å². The quantitative estimate of drug-likeness (QED) is 0.846. The van der Waals surface area contributed by atoms with E-state index >= 15 is 0 Å². The van der Waals surface area contributed by atoms with Gasteiger partial charge >= 0.3 is 6.11 Å². The van der Waals surface area contributed by atoms with E-state index in [2.05, 4.69) is 15.2 Å². The van der Waals surface area contributed by atoms with Crippen molar-refractivity contribution in [2.24, 2.45) is 7.05 Å². The number of hydrogen-bond donors (Lipinski definition) is 1. The van der Waals surface area contributed by atoms with E-state index < -0.39 is 12.7 Å². The number of ether oxygens (including phenoxy) is 1. The van der Waals surface area contributed by atoms with Crippen LogP contribution in [0, 0.1) is 0 Å². The molecule has 1 aliphatic heterocycles. The maximum Gasteiger partial charge on any atom is 0.415 e. The third-order valence-corrected chi connectivity index (χ3v) is 2.76. The SMILES string of the molecule is Cn1cc(-c2ccc3c(c2)OC(F)(F)CN3)cn1. The molecule has 0 aliphatic carbocycles. The molecule has 6 heteroatoms. The highest BCUT2D eigenvalue weighted by Crippen LogP contribution is 2.37. The predicted octanol–water partition coefficient (Wildman–Crippen LogP) is 2.48. The average Bonchev–Trinajstić information content (AvgIpc) is 2.74. The van der Waals surface area contributed by atoms with E-state index in [1.165, 1.54) is 0 Å². The van der Waals surface area contributed by atoms with Crippen molar-refractivity contribution in [3.8, 4) is 16.9 Å². The molecule has 0 saturated heterocycles. The molecule has 2 aromatic rings. The van der Waals surface area contributed by atoms with Crippen LogP contribution in [0.15, 0.2) is 30.6 Å². The highest BCUT2D eigenvalue weighted by atomic mass is 19.3. The van der Waals surface area contributed by atoms with Gasteiger partial charge in [-0.3, -0.25) is 4.68 Å². The number of aromatic nitrogens is 2. The second-order valence-corrected chi connectivity index (χ2v) is 4.21. The Balaban J connectivity index is 2.00. The van der Waals surface area contributed by atoms with Gasteiger partial charge in [-0.1, -0.05) is 6.07 Å². The number of benzene rings is 1. The summed E-state index contributed by atoms with van der Waals surface area (Å²) in [5.41, 5.74) is 2.23. The molecule has 0 saturated carbocycles. The van der Waals surface area contributed by atoms with Gasteiger partial charge in [0.2, 0.25) is 0 Å². The van der Waals surface area contributed by atoms with Crippen LogP contribution in [0.5, 0.6) is 5.75 Å². The molecule has 1 aromatic carbocycles. The van der Waals surface area contributed by atoms with E-state index in [0.29, 0.717) is 5.69 Å². The summed E-state index contributed by atoms with van der Waals surface area (Å²) in [5, 5.41) is 6.69. The van der Waals surface area contributed by atoms with Crippen molar-refractivity contribution in [1.29, 1.82) is 0 Å². The number of alkyl halides is 2. The van der Waals surface area contributed by atoms with Crippen LogP contribution in [-0.4, -0.2) is 22.4 Å². The Bertz CT molecular complexity index is 595. The molecule has 0 unspecified atom stereocenters. The minimum atomic E-state index is -3.17. The van der Waals surface area contributed by atoms with Crippen LogP contribution >= 0.6 is 0 Å². The lowest BCUT2D eigenvalue weighted by atomic mass is 10.1. The summed E-state index contributed by atoms with van der Waals surface area (Å²) in [7, 11) is 1.80. The standard InChI is InChI=1S/C12H11F2N3O/c1-17-6-9(5-16-17)8-2-3-10-11(4-8)18-12(13,14)7-15-10/h2-6,15H,7H2,1H3. The summed E-state index contributed by atoms with van der Waals surface area (Å²) in [6.07, 6.45) is 0.326. The van der Waals surface area contributed by atoms with Crippen molar-refractivity contribution in [2.75, 3.05) is 11.9 Å². The molecule has 4 nitrogen and oxygen atoms in total. The second kappa shape index (κ2) is 3.69. The molecule has 0 amide bonds. The maximum absolute atomic E-state index is 13.1. The smallest absolute Gasteiger partial charge is 0.415 e. The highest BCUT2D eigenvalue weighted by molar-refractivity contribution is 5.70. The largest absolute Gasteiger partial charge is 0.429 e. The predicted molar refractivity (Wildman–Crippen MR) is 62.7 cm³/mol. The zero-order valence-electron chi connectivity index (χ0n) is 9.65. The average molecular weight is 251 g/mol. The topological polar surface area (TPSA) is 39.1 Å². The van der Waals surface area contributed by atoms with Crippen molar-refractivity contribution in [3.63, 3.8) is 0 Å². The van der Waals surface area contributed by atoms with E-state index in [4.69, 9.17) is 0 Å². The molecule has 94 valence electrons. The summed E-state index contributed by atoms with van der Waals surface area (Å²) in [6.45, 7) is -0.508. The molecule has 1 aliphatic rings. The summed E-state index contributed by atoms with van der Waals surface area (Å²) in [5.74, 6) is 0.160. The van der Waals surface area contributed by atoms with E-state index in [1.807, 2.05) is 12.3 Å². The first kappa shape index (κ1) is 11.0. The van der Waals surface area contributed by atoms with Gasteiger partial charge in [0.1, 0.15) is 12.3 Å². The first-order valence-electron chi connectivity index (χ1n) is 5.47. The highest BCUT2D eigenvalue weighted by Gasteiger charge is 2.36. The molecular weight excluding hydrogens is 240 g/mol. The van der Waals surface area contributed by atoms with Gasteiger partial charge in [-0.25, -0.2) is 0 Å². The molecule has 0 radical (unpaired) electrons. The van der Waals surface area contributed by atoms with Crippen molar-refractivity contribution < 1.29 is 13.5 Å². The van der Waals surface area contributed by atoms with Gasteiger partial charge in [-0.15, -0.1) is 0 Å². The Kier molecular flexibility index (Phi) is 2.26. The summed E-state index contributed by atoms with van der Waals surface area (Å²) >= 11 is 0. The fraction of sp³-hybridized carbons (Fsp3) is 0.250. The third-order valence-electron chi connectivity index (χ3n) is 2.76. The minimum absolute atomic E-state index is 0.160. The first-order chi connectivity index (χ1) is 8.53.